The summed E-state index contributed by atoms with van der Waals surface area (Å²) in [6, 6.07) is 1.52. The van der Waals surface area contributed by atoms with Crippen molar-refractivity contribution in [2.24, 2.45) is 0 Å². The van der Waals surface area contributed by atoms with E-state index in [4.69, 9.17) is 16.7 Å². The average Bonchev–Trinajstić information content (AvgIpc) is 2.80. The molecule has 1 amide bonds. The number of hydrogen-bond acceptors (Lipinski definition) is 5. The largest absolute Gasteiger partial charge is 0.477 e. The smallest absolute Gasteiger partial charge is 0.354 e. The number of aromatic amines is 1. The Balaban J connectivity index is 2.32. The van der Waals surface area contributed by atoms with Crippen LogP contribution in [0.3, 0.4) is 0 Å². The number of thioether (sulfide) groups is 1. The zero-order chi connectivity index (χ0) is 15.6. The van der Waals surface area contributed by atoms with Crippen LogP contribution in [0.5, 0.6) is 0 Å². The quantitative estimate of drug-likeness (QED) is 0.588. The third-order valence-corrected chi connectivity index (χ3v) is 3.37. The molecule has 0 aliphatic carbocycles. The van der Waals surface area contributed by atoms with E-state index in [9.17, 15) is 9.59 Å². The lowest BCUT2D eigenvalue weighted by molar-refractivity contribution is 0.0692. The van der Waals surface area contributed by atoms with Crippen molar-refractivity contribution < 1.29 is 14.7 Å². The SMILES string of the molecule is CSc1ncc(Cl)c(C(=O)Nc2cc(C)[nH]c2C(=O)O)n1. The lowest BCUT2D eigenvalue weighted by Crippen LogP contribution is -2.16. The minimum absolute atomic E-state index is 0.00814. The van der Waals surface area contributed by atoms with Crippen molar-refractivity contribution in [1.29, 1.82) is 0 Å². The van der Waals surface area contributed by atoms with E-state index < -0.39 is 11.9 Å². The molecule has 2 aromatic rings. The first kappa shape index (κ1) is 15.3. The monoisotopic (exact) mass is 326 g/mol. The zero-order valence-electron chi connectivity index (χ0n) is 11.1. The number of amides is 1. The zero-order valence-corrected chi connectivity index (χ0v) is 12.7. The van der Waals surface area contributed by atoms with Crippen LogP contribution >= 0.6 is 23.4 Å². The third kappa shape index (κ3) is 3.34. The van der Waals surface area contributed by atoms with Crippen molar-refractivity contribution in [3.63, 3.8) is 0 Å². The van der Waals surface area contributed by atoms with Crippen molar-refractivity contribution in [3.05, 3.63) is 34.4 Å². The molecule has 21 heavy (non-hydrogen) atoms. The number of anilines is 1. The highest BCUT2D eigenvalue weighted by atomic mass is 35.5. The van der Waals surface area contributed by atoms with Crippen LogP contribution in [0.1, 0.15) is 26.7 Å². The Morgan fingerprint density at radius 2 is 2.19 bits per heavy atom. The topological polar surface area (TPSA) is 108 Å². The van der Waals surface area contributed by atoms with Crippen molar-refractivity contribution >= 4 is 40.9 Å². The molecule has 2 aromatic heterocycles. The number of aryl methyl sites for hydroxylation is 1. The van der Waals surface area contributed by atoms with Gasteiger partial charge in [-0.05, 0) is 19.2 Å². The summed E-state index contributed by atoms with van der Waals surface area (Å²) in [6.45, 7) is 1.69. The van der Waals surface area contributed by atoms with Gasteiger partial charge in [-0.25, -0.2) is 14.8 Å². The van der Waals surface area contributed by atoms with Crippen LogP contribution in [-0.2, 0) is 0 Å². The molecular formula is C12H11ClN4O3S. The maximum atomic E-state index is 12.2. The summed E-state index contributed by atoms with van der Waals surface area (Å²) in [4.78, 5) is 33.9. The molecule has 0 saturated carbocycles. The number of carboxylic acids is 1. The molecule has 3 N–H and O–H groups in total. The van der Waals surface area contributed by atoms with E-state index in [-0.39, 0.29) is 22.1 Å². The number of carboxylic acid groups (broad SMARTS) is 1. The van der Waals surface area contributed by atoms with Gasteiger partial charge in [-0.3, -0.25) is 4.79 Å². The molecule has 2 rings (SSSR count). The molecule has 0 atom stereocenters. The second kappa shape index (κ2) is 6.15. The Bertz CT molecular complexity index is 717. The minimum atomic E-state index is -1.17. The van der Waals surface area contributed by atoms with Crippen LogP contribution in [0.25, 0.3) is 0 Å². The highest BCUT2D eigenvalue weighted by Gasteiger charge is 2.19. The van der Waals surface area contributed by atoms with Gasteiger partial charge in [-0.2, -0.15) is 0 Å². The standard InChI is InChI=1S/C12H11ClN4O3S/c1-5-3-7(9(15-5)11(19)20)16-10(18)8-6(13)4-14-12(17-8)21-2/h3-4,15H,1-2H3,(H,16,18)(H,19,20). The Kier molecular flexibility index (Phi) is 4.49. The van der Waals surface area contributed by atoms with Crippen molar-refractivity contribution in [2.75, 3.05) is 11.6 Å². The molecule has 0 fully saturated rings. The van der Waals surface area contributed by atoms with Gasteiger partial charge >= 0.3 is 5.97 Å². The summed E-state index contributed by atoms with van der Waals surface area (Å²) in [7, 11) is 0. The van der Waals surface area contributed by atoms with Crippen LogP contribution in [0.4, 0.5) is 5.69 Å². The number of carbonyl (C=O) groups excluding carboxylic acids is 1. The number of H-pyrrole nitrogens is 1. The van der Waals surface area contributed by atoms with Gasteiger partial charge in [0.1, 0.15) is 5.69 Å². The summed E-state index contributed by atoms with van der Waals surface area (Å²) >= 11 is 7.17. The summed E-state index contributed by atoms with van der Waals surface area (Å²) < 4.78 is 0. The molecule has 0 aliphatic rings. The fourth-order valence-electron chi connectivity index (χ4n) is 1.65. The van der Waals surface area contributed by atoms with Gasteiger partial charge in [0.25, 0.3) is 5.91 Å². The van der Waals surface area contributed by atoms with Gasteiger partial charge in [-0.15, -0.1) is 0 Å². The lowest BCUT2D eigenvalue weighted by atomic mass is 10.3. The molecule has 7 nitrogen and oxygen atoms in total. The second-order valence-corrected chi connectivity index (χ2v) is 5.23. The van der Waals surface area contributed by atoms with Crippen molar-refractivity contribution in [1.82, 2.24) is 15.0 Å². The van der Waals surface area contributed by atoms with Gasteiger partial charge in [0.05, 0.1) is 16.9 Å². The molecule has 0 aromatic carbocycles. The lowest BCUT2D eigenvalue weighted by Gasteiger charge is -2.06. The Labute approximate surface area is 129 Å². The fourth-order valence-corrected chi connectivity index (χ4v) is 2.16. The van der Waals surface area contributed by atoms with E-state index in [2.05, 4.69) is 20.3 Å². The predicted octanol–water partition coefficient (Wildman–Crippen LogP) is 2.44. The number of hydrogen-bond donors (Lipinski definition) is 3. The normalized spacial score (nSPS) is 10.4. The molecule has 0 aliphatic heterocycles. The van der Waals surface area contributed by atoms with Crippen LogP contribution < -0.4 is 5.32 Å². The van der Waals surface area contributed by atoms with Crippen LogP contribution in [0.15, 0.2) is 17.4 Å². The maximum Gasteiger partial charge on any atom is 0.354 e. The predicted molar refractivity (Wildman–Crippen MR) is 79.3 cm³/mol. The summed E-state index contributed by atoms with van der Waals surface area (Å²) in [6.07, 6.45) is 3.10. The molecule has 0 unspecified atom stereocenters. The highest BCUT2D eigenvalue weighted by molar-refractivity contribution is 7.98. The van der Waals surface area contributed by atoms with Gasteiger partial charge < -0.3 is 15.4 Å². The molecule has 9 heteroatoms. The molecule has 110 valence electrons. The fraction of sp³-hybridized carbons (Fsp3) is 0.167. The maximum absolute atomic E-state index is 12.2. The average molecular weight is 327 g/mol. The first-order valence-electron chi connectivity index (χ1n) is 5.73. The number of nitrogens with zero attached hydrogens (tertiary/aromatic N) is 2. The van der Waals surface area contributed by atoms with Gasteiger partial charge in [0.2, 0.25) is 0 Å². The Morgan fingerprint density at radius 3 is 2.81 bits per heavy atom. The molecular weight excluding hydrogens is 316 g/mol. The van der Waals surface area contributed by atoms with E-state index in [1.807, 2.05) is 0 Å². The summed E-state index contributed by atoms with van der Waals surface area (Å²) in [5.41, 5.74) is 0.661. The molecule has 0 radical (unpaired) electrons. The first-order valence-corrected chi connectivity index (χ1v) is 7.33. The molecule has 0 bridgehead atoms. The van der Waals surface area contributed by atoms with Gasteiger partial charge in [0.15, 0.2) is 10.9 Å². The Hall–Kier alpha value is -2.06. The van der Waals surface area contributed by atoms with Gasteiger partial charge in [0, 0.05) is 5.69 Å². The number of aromatic carboxylic acids is 1. The van der Waals surface area contributed by atoms with Crippen LogP contribution in [0.2, 0.25) is 5.02 Å². The Morgan fingerprint density at radius 1 is 1.48 bits per heavy atom. The molecule has 0 spiro atoms. The van der Waals surface area contributed by atoms with E-state index >= 15 is 0 Å². The number of rotatable bonds is 4. The summed E-state index contributed by atoms with van der Waals surface area (Å²) in [5, 5.41) is 12.0. The van der Waals surface area contributed by atoms with Crippen molar-refractivity contribution in [3.8, 4) is 0 Å². The van der Waals surface area contributed by atoms with Crippen LogP contribution in [0, 0.1) is 6.92 Å². The minimum Gasteiger partial charge on any atom is -0.477 e. The van der Waals surface area contributed by atoms with E-state index in [0.717, 1.165) is 0 Å². The second-order valence-electron chi connectivity index (χ2n) is 4.05. The van der Waals surface area contributed by atoms with Crippen molar-refractivity contribution in [2.45, 2.75) is 12.1 Å². The van der Waals surface area contributed by atoms with Gasteiger partial charge in [-0.1, -0.05) is 23.4 Å². The number of nitrogens with one attached hydrogen (secondary N) is 2. The summed E-state index contributed by atoms with van der Waals surface area (Å²) in [5.74, 6) is -1.77. The van der Waals surface area contributed by atoms with E-state index in [0.29, 0.717) is 10.9 Å². The number of halogens is 1. The highest BCUT2D eigenvalue weighted by Crippen LogP contribution is 2.21. The number of aromatic nitrogens is 3. The first-order chi connectivity index (χ1) is 9.92. The van der Waals surface area contributed by atoms with Crippen LogP contribution in [-0.4, -0.2) is 38.2 Å². The van der Waals surface area contributed by atoms with E-state index in [1.54, 1.807) is 13.2 Å². The molecule has 2 heterocycles. The number of carbonyl (C=O) groups is 2. The third-order valence-electron chi connectivity index (χ3n) is 2.53. The molecule has 0 saturated heterocycles. The van der Waals surface area contributed by atoms with E-state index in [1.165, 1.54) is 24.0 Å².